The van der Waals surface area contributed by atoms with Gasteiger partial charge in [-0.1, -0.05) is 6.07 Å². The molecule has 2 rings (SSSR count). The molecule has 0 aliphatic carbocycles. The highest BCUT2D eigenvalue weighted by Gasteiger charge is 2.24. The number of ketones is 1. The Morgan fingerprint density at radius 2 is 1.76 bits per heavy atom. The Bertz CT molecular complexity index is 931. The van der Waals surface area contributed by atoms with Crippen molar-refractivity contribution in [1.82, 2.24) is 10.3 Å². The van der Waals surface area contributed by atoms with Crippen molar-refractivity contribution in [2.75, 3.05) is 14.2 Å². The Kier molecular flexibility index (Phi) is 7.03. The van der Waals surface area contributed by atoms with E-state index in [0.29, 0.717) is 28.3 Å². The molecule has 0 aliphatic heterocycles. The normalized spacial score (nSPS) is 11.5. The number of carbonyl (C=O) groups excluding carboxylic acids is 3. The van der Waals surface area contributed by atoms with Crippen LogP contribution in [0.15, 0.2) is 18.2 Å². The standard InChI is InChI=1S/C21H26N2O6/c1-11-18(13(3)24)12(2)23-19(11)21(26)29-14(4)20(25)22-10-15-7-8-16(27-5)17(9-15)28-6/h7-9,14,23H,10H2,1-6H3,(H,22,25). The molecule has 1 unspecified atom stereocenters. The summed E-state index contributed by atoms with van der Waals surface area (Å²) in [6.07, 6.45) is -1.01. The second-order valence-corrected chi connectivity index (χ2v) is 6.64. The van der Waals surface area contributed by atoms with Gasteiger partial charge < -0.3 is 24.5 Å². The lowest BCUT2D eigenvalue weighted by atomic mass is 10.1. The number of hydrogen-bond acceptors (Lipinski definition) is 6. The van der Waals surface area contributed by atoms with Gasteiger partial charge in [-0.15, -0.1) is 0 Å². The summed E-state index contributed by atoms with van der Waals surface area (Å²) < 4.78 is 15.7. The SMILES string of the molecule is COc1ccc(CNC(=O)C(C)OC(=O)c2[nH]c(C)c(C(C)=O)c2C)cc1OC. The molecule has 0 bridgehead atoms. The van der Waals surface area contributed by atoms with Gasteiger partial charge in [-0.05, 0) is 51.0 Å². The van der Waals surface area contributed by atoms with E-state index in [4.69, 9.17) is 14.2 Å². The quantitative estimate of drug-likeness (QED) is 0.519. The number of rotatable bonds is 8. The van der Waals surface area contributed by atoms with E-state index in [9.17, 15) is 14.4 Å². The van der Waals surface area contributed by atoms with Crippen molar-refractivity contribution in [2.24, 2.45) is 0 Å². The predicted molar refractivity (Wildman–Crippen MR) is 107 cm³/mol. The fourth-order valence-corrected chi connectivity index (χ4v) is 3.08. The van der Waals surface area contributed by atoms with Crippen LogP contribution in [0.25, 0.3) is 0 Å². The summed E-state index contributed by atoms with van der Waals surface area (Å²) in [6, 6.07) is 5.30. The molecule has 8 nitrogen and oxygen atoms in total. The van der Waals surface area contributed by atoms with Crippen molar-refractivity contribution in [3.8, 4) is 11.5 Å². The van der Waals surface area contributed by atoms with E-state index in [2.05, 4.69) is 10.3 Å². The molecule has 29 heavy (non-hydrogen) atoms. The lowest BCUT2D eigenvalue weighted by molar-refractivity contribution is -0.129. The number of hydrogen-bond donors (Lipinski definition) is 2. The number of aromatic amines is 1. The average Bonchev–Trinajstić information content (AvgIpc) is 2.99. The highest BCUT2D eigenvalue weighted by atomic mass is 16.5. The van der Waals surface area contributed by atoms with E-state index in [0.717, 1.165) is 5.56 Å². The fraction of sp³-hybridized carbons (Fsp3) is 0.381. The number of Topliss-reactive ketones (excluding diaryl/α,β-unsaturated/α-hetero) is 1. The molecular formula is C21H26N2O6. The summed E-state index contributed by atoms with van der Waals surface area (Å²) in [6.45, 7) is 6.52. The number of H-pyrrole nitrogens is 1. The van der Waals surface area contributed by atoms with Crippen LogP contribution in [-0.2, 0) is 16.1 Å². The zero-order valence-corrected chi connectivity index (χ0v) is 17.5. The molecule has 0 spiro atoms. The molecule has 156 valence electrons. The van der Waals surface area contributed by atoms with Gasteiger partial charge in [0.05, 0.1) is 14.2 Å². The van der Waals surface area contributed by atoms with Crippen LogP contribution in [0.1, 0.15) is 51.5 Å². The van der Waals surface area contributed by atoms with Crippen LogP contribution in [0.4, 0.5) is 0 Å². The lowest BCUT2D eigenvalue weighted by Gasteiger charge is -2.14. The van der Waals surface area contributed by atoms with Crippen LogP contribution in [0.3, 0.4) is 0 Å². The second-order valence-electron chi connectivity index (χ2n) is 6.64. The van der Waals surface area contributed by atoms with Crippen molar-refractivity contribution in [1.29, 1.82) is 0 Å². The van der Waals surface area contributed by atoms with Gasteiger partial charge in [0.2, 0.25) is 0 Å². The molecule has 2 N–H and O–H groups in total. The zero-order chi connectivity index (χ0) is 21.7. The molecule has 1 amide bonds. The van der Waals surface area contributed by atoms with Crippen molar-refractivity contribution in [3.05, 3.63) is 46.3 Å². The molecule has 8 heteroatoms. The maximum atomic E-state index is 12.4. The Hall–Kier alpha value is -3.29. The van der Waals surface area contributed by atoms with Crippen molar-refractivity contribution < 1.29 is 28.6 Å². The third-order valence-electron chi connectivity index (χ3n) is 4.56. The molecule has 0 aliphatic rings. The molecule has 0 radical (unpaired) electrons. The smallest absolute Gasteiger partial charge is 0.355 e. The van der Waals surface area contributed by atoms with Crippen LogP contribution in [0.2, 0.25) is 0 Å². The number of methoxy groups -OCH3 is 2. The zero-order valence-electron chi connectivity index (χ0n) is 17.5. The second kappa shape index (κ2) is 9.27. The van der Waals surface area contributed by atoms with E-state index < -0.39 is 18.0 Å². The maximum absolute atomic E-state index is 12.4. The highest BCUT2D eigenvalue weighted by molar-refractivity contribution is 6.01. The summed E-state index contributed by atoms with van der Waals surface area (Å²) in [7, 11) is 3.08. The number of ether oxygens (including phenoxy) is 3. The molecule has 0 saturated carbocycles. The Labute approximate surface area is 169 Å². The van der Waals surface area contributed by atoms with Crippen molar-refractivity contribution >= 4 is 17.7 Å². The number of aromatic nitrogens is 1. The van der Waals surface area contributed by atoms with Gasteiger partial charge in [0.25, 0.3) is 5.91 Å². The molecule has 1 heterocycles. The van der Waals surface area contributed by atoms with Gasteiger partial charge in [0.15, 0.2) is 23.4 Å². The number of aryl methyl sites for hydroxylation is 1. The molecule has 1 aromatic heterocycles. The number of carbonyl (C=O) groups is 3. The minimum atomic E-state index is -1.01. The lowest BCUT2D eigenvalue weighted by Crippen LogP contribution is -2.35. The molecule has 1 atom stereocenters. The summed E-state index contributed by atoms with van der Waals surface area (Å²) in [4.78, 5) is 39.3. The monoisotopic (exact) mass is 402 g/mol. The summed E-state index contributed by atoms with van der Waals surface area (Å²) in [5, 5.41) is 2.72. The topological polar surface area (TPSA) is 107 Å². The molecular weight excluding hydrogens is 376 g/mol. The molecule has 1 aromatic carbocycles. The van der Waals surface area contributed by atoms with Crippen LogP contribution in [0, 0.1) is 13.8 Å². The molecule has 0 fully saturated rings. The van der Waals surface area contributed by atoms with Gasteiger partial charge in [-0.2, -0.15) is 0 Å². The van der Waals surface area contributed by atoms with Gasteiger partial charge in [-0.25, -0.2) is 4.79 Å². The van der Waals surface area contributed by atoms with Gasteiger partial charge in [0, 0.05) is 17.8 Å². The first-order valence-corrected chi connectivity index (χ1v) is 9.09. The summed E-state index contributed by atoms with van der Waals surface area (Å²) in [5.74, 6) is -0.132. The third kappa shape index (κ3) is 4.96. The van der Waals surface area contributed by atoms with Crippen LogP contribution in [0.5, 0.6) is 11.5 Å². The van der Waals surface area contributed by atoms with Gasteiger partial charge in [0.1, 0.15) is 5.69 Å². The summed E-state index contributed by atoms with van der Waals surface area (Å²) in [5.41, 5.74) is 2.54. The van der Waals surface area contributed by atoms with Crippen LogP contribution >= 0.6 is 0 Å². The van der Waals surface area contributed by atoms with Gasteiger partial charge >= 0.3 is 5.97 Å². The number of benzene rings is 1. The van der Waals surface area contributed by atoms with E-state index in [1.165, 1.54) is 21.0 Å². The minimum absolute atomic E-state index is 0.143. The molecule has 0 saturated heterocycles. The Morgan fingerprint density at radius 1 is 1.10 bits per heavy atom. The average molecular weight is 402 g/mol. The van der Waals surface area contributed by atoms with Crippen molar-refractivity contribution in [2.45, 2.75) is 40.3 Å². The van der Waals surface area contributed by atoms with E-state index >= 15 is 0 Å². The number of amides is 1. The molecule has 2 aromatic rings. The largest absolute Gasteiger partial charge is 0.493 e. The fourth-order valence-electron chi connectivity index (χ4n) is 3.08. The number of esters is 1. The van der Waals surface area contributed by atoms with Crippen molar-refractivity contribution in [3.63, 3.8) is 0 Å². The van der Waals surface area contributed by atoms with E-state index in [1.54, 1.807) is 39.2 Å². The predicted octanol–water partition coefficient (Wildman–Crippen LogP) is 2.71. The van der Waals surface area contributed by atoms with Crippen LogP contribution < -0.4 is 14.8 Å². The maximum Gasteiger partial charge on any atom is 0.355 e. The highest BCUT2D eigenvalue weighted by Crippen LogP contribution is 2.27. The number of nitrogens with one attached hydrogen (secondary N) is 2. The van der Waals surface area contributed by atoms with E-state index in [-0.39, 0.29) is 18.0 Å². The first-order valence-electron chi connectivity index (χ1n) is 9.09. The minimum Gasteiger partial charge on any atom is -0.493 e. The Morgan fingerprint density at radius 3 is 2.31 bits per heavy atom. The van der Waals surface area contributed by atoms with Crippen LogP contribution in [-0.4, -0.2) is 43.0 Å². The van der Waals surface area contributed by atoms with E-state index in [1.807, 2.05) is 0 Å². The third-order valence-corrected chi connectivity index (χ3v) is 4.56. The summed E-state index contributed by atoms with van der Waals surface area (Å²) >= 11 is 0. The van der Waals surface area contributed by atoms with Gasteiger partial charge in [-0.3, -0.25) is 9.59 Å². The Balaban J connectivity index is 2.00. The first-order chi connectivity index (χ1) is 13.7. The first kappa shape index (κ1) is 22.0.